The lowest BCUT2D eigenvalue weighted by molar-refractivity contribution is 0.252. The fourth-order valence-corrected chi connectivity index (χ4v) is 2.47. The molecular formula is C14H15N3O. The molecule has 0 unspecified atom stereocenters. The summed E-state index contributed by atoms with van der Waals surface area (Å²) in [5, 5.41) is 6.92. The van der Waals surface area contributed by atoms with Crippen molar-refractivity contribution in [1.82, 2.24) is 5.43 Å². The van der Waals surface area contributed by atoms with Crippen molar-refractivity contribution in [1.29, 1.82) is 0 Å². The molecule has 4 heteroatoms. The highest BCUT2D eigenvalue weighted by atomic mass is 16.2. The number of para-hydroxylation sites is 1. The van der Waals surface area contributed by atoms with Crippen LogP contribution in [0, 0.1) is 11.8 Å². The Kier molecular flexibility index (Phi) is 2.84. The first-order valence-corrected chi connectivity index (χ1v) is 6.18. The second-order valence-corrected chi connectivity index (χ2v) is 4.67. The van der Waals surface area contributed by atoms with E-state index in [1.54, 1.807) is 0 Å². The minimum absolute atomic E-state index is 0.289. The van der Waals surface area contributed by atoms with E-state index in [1.807, 2.05) is 30.3 Å². The molecule has 0 saturated heterocycles. The zero-order valence-corrected chi connectivity index (χ0v) is 9.97. The van der Waals surface area contributed by atoms with Crippen LogP contribution in [0.25, 0.3) is 0 Å². The van der Waals surface area contributed by atoms with E-state index in [4.69, 9.17) is 0 Å². The number of benzene rings is 1. The van der Waals surface area contributed by atoms with Crippen LogP contribution in [0.3, 0.4) is 0 Å². The summed E-state index contributed by atoms with van der Waals surface area (Å²) in [5.74, 6) is 1.18. The van der Waals surface area contributed by atoms with E-state index < -0.39 is 0 Å². The lowest BCUT2D eigenvalue weighted by Gasteiger charge is -2.31. The van der Waals surface area contributed by atoms with Gasteiger partial charge in [-0.3, -0.25) is 0 Å². The molecule has 2 aliphatic carbocycles. The van der Waals surface area contributed by atoms with Crippen LogP contribution in [-0.4, -0.2) is 11.7 Å². The molecule has 1 saturated carbocycles. The molecule has 1 fully saturated rings. The van der Waals surface area contributed by atoms with E-state index in [0.717, 1.165) is 24.2 Å². The Morgan fingerprint density at radius 1 is 1.28 bits per heavy atom. The molecule has 18 heavy (non-hydrogen) atoms. The minimum atomic E-state index is -0.289. The molecule has 0 radical (unpaired) electrons. The summed E-state index contributed by atoms with van der Waals surface area (Å²) in [4.78, 5) is 11.6. The van der Waals surface area contributed by atoms with Gasteiger partial charge in [0, 0.05) is 17.3 Å². The number of hydrogen-bond acceptors (Lipinski definition) is 2. The Morgan fingerprint density at radius 2 is 2.11 bits per heavy atom. The zero-order valence-electron chi connectivity index (χ0n) is 9.97. The summed E-state index contributed by atoms with van der Waals surface area (Å²) in [7, 11) is 0. The van der Waals surface area contributed by atoms with Gasteiger partial charge in [0.15, 0.2) is 0 Å². The average molecular weight is 241 g/mol. The Labute approximate surface area is 106 Å². The molecule has 0 heterocycles. The van der Waals surface area contributed by atoms with Gasteiger partial charge in [-0.25, -0.2) is 10.2 Å². The van der Waals surface area contributed by atoms with Gasteiger partial charge in [-0.15, -0.1) is 0 Å². The molecule has 1 aromatic carbocycles. The molecule has 1 aromatic rings. The molecular weight excluding hydrogens is 226 g/mol. The van der Waals surface area contributed by atoms with Crippen molar-refractivity contribution in [2.45, 2.75) is 12.8 Å². The number of allylic oxidation sites excluding steroid dienone is 2. The van der Waals surface area contributed by atoms with Crippen molar-refractivity contribution in [2.24, 2.45) is 16.9 Å². The third-order valence-electron chi connectivity index (χ3n) is 3.50. The highest BCUT2D eigenvalue weighted by molar-refractivity contribution is 5.96. The predicted molar refractivity (Wildman–Crippen MR) is 71.4 cm³/mol. The van der Waals surface area contributed by atoms with Crippen LogP contribution >= 0.6 is 0 Å². The quantitative estimate of drug-likeness (QED) is 0.607. The van der Waals surface area contributed by atoms with Gasteiger partial charge in [0.2, 0.25) is 0 Å². The van der Waals surface area contributed by atoms with E-state index in [-0.39, 0.29) is 6.03 Å². The third kappa shape index (κ3) is 2.14. The topological polar surface area (TPSA) is 53.5 Å². The lowest BCUT2D eigenvalue weighted by atomic mass is 9.74. The summed E-state index contributed by atoms with van der Waals surface area (Å²) < 4.78 is 0. The summed E-state index contributed by atoms with van der Waals surface area (Å²) in [6, 6.07) is 9.05. The maximum atomic E-state index is 11.6. The standard InChI is InChI=1S/C14H15N3O/c18-14(15-11-6-2-1-3-7-11)17-16-13-9-10-5-4-8-12(10)13/h1-7,10,12H,8-9H2,(H2,15,17,18)/b16-13-/t10-,12+/m0/s1. The van der Waals surface area contributed by atoms with E-state index in [9.17, 15) is 4.79 Å². The Bertz CT molecular complexity index is 507. The highest BCUT2D eigenvalue weighted by Crippen LogP contribution is 2.39. The van der Waals surface area contributed by atoms with Gasteiger partial charge in [0.05, 0.1) is 0 Å². The fraction of sp³-hybridized carbons (Fsp3) is 0.286. The van der Waals surface area contributed by atoms with Gasteiger partial charge in [-0.1, -0.05) is 30.4 Å². The van der Waals surface area contributed by atoms with Crippen molar-refractivity contribution in [3.05, 3.63) is 42.5 Å². The van der Waals surface area contributed by atoms with Crippen LogP contribution in [0.5, 0.6) is 0 Å². The van der Waals surface area contributed by atoms with Gasteiger partial charge < -0.3 is 5.32 Å². The van der Waals surface area contributed by atoms with Crippen LogP contribution in [-0.2, 0) is 0 Å². The number of rotatable bonds is 2. The average Bonchev–Trinajstić information content (AvgIpc) is 2.72. The fourth-order valence-electron chi connectivity index (χ4n) is 2.47. The van der Waals surface area contributed by atoms with Crippen molar-refractivity contribution < 1.29 is 4.79 Å². The van der Waals surface area contributed by atoms with Gasteiger partial charge >= 0.3 is 6.03 Å². The van der Waals surface area contributed by atoms with Crippen LogP contribution in [0.15, 0.2) is 47.6 Å². The first-order chi connectivity index (χ1) is 8.83. The Hall–Kier alpha value is -2.10. The van der Waals surface area contributed by atoms with Crippen LogP contribution in [0.2, 0.25) is 0 Å². The number of carbonyl (C=O) groups excluding carboxylic acids is 1. The monoisotopic (exact) mass is 241 g/mol. The van der Waals surface area contributed by atoms with Crippen molar-refractivity contribution in [3.63, 3.8) is 0 Å². The maximum Gasteiger partial charge on any atom is 0.339 e. The van der Waals surface area contributed by atoms with Crippen LogP contribution < -0.4 is 10.7 Å². The first kappa shape index (κ1) is 11.0. The smallest absolute Gasteiger partial charge is 0.307 e. The van der Waals surface area contributed by atoms with Gasteiger partial charge in [0.1, 0.15) is 0 Å². The van der Waals surface area contributed by atoms with Crippen LogP contribution in [0.1, 0.15) is 12.8 Å². The number of nitrogens with one attached hydrogen (secondary N) is 2. The second-order valence-electron chi connectivity index (χ2n) is 4.67. The Balaban J connectivity index is 1.52. The number of amides is 2. The molecule has 3 rings (SSSR count). The van der Waals surface area contributed by atoms with E-state index >= 15 is 0 Å². The number of nitrogens with zero attached hydrogens (tertiary/aromatic N) is 1. The zero-order chi connectivity index (χ0) is 12.4. The summed E-state index contributed by atoms with van der Waals surface area (Å²) in [5.41, 5.74) is 4.43. The normalized spacial score (nSPS) is 26.6. The second kappa shape index (κ2) is 4.64. The maximum absolute atomic E-state index is 11.6. The minimum Gasteiger partial charge on any atom is -0.307 e. The molecule has 0 spiro atoms. The lowest BCUT2D eigenvalue weighted by Crippen LogP contribution is -2.36. The van der Waals surface area contributed by atoms with Crippen molar-refractivity contribution in [2.75, 3.05) is 5.32 Å². The third-order valence-corrected chi connectivity index (χ3v) is 3.50. The molecule has 92 valence electrons. The van der Waals surface area contributed by atoms with E-state index in [1.165, 1.54) is 0 Å². The molecule has 0 bridgehead atoms. The molecule has 2 N–H and O–H groups in total. The number of carbonyl (C=O) groups is 1. The largest absolute Gasteiger partial charge is 0.339 e. The SMILES string of the molecule is O=C(N/N=C1/C[C@@H]2C=CC[C@@H]12)Nc1ccccc1. The number of fused-ring (bicyclic) bond motifs is 1. The molecule has 2 amide bonds. The van der Waals surface area contributed by atoms with Crippen LogP contribution in [0.4, 0.5) is 10.5 Å². The summed E-state index contributed by atoms with van der Waals surface area (Å²) in [6.07, 6.45) is 6.48. The van der Waals surface area contributed by atoms with E-state index in [2.05, 4.69) is 28.0 Å². The Morgan fingerprint density at radius 3 is 2.89 bits per heavy atom. The molecule has 0 aromatic heterocycles. The molecule has 2 atom stereocenters. The van der Waals surface area contributed by atoms with Crippen molar-refractivity contribution in [3.8, 4) is 0 Å². The molecule has 0 aliphatic heterocycles. The molecule has 2 aliphatic rings. The van der Waals surface area contributed by atoms with Gasteiger partial charge in [-0.2, -0.15) is 5.10 Å². The van der Waals surface area contributed by atoms with E-state index in [0.29, 0.717) is 11.8 Å². The predicted octanol–water partition coefficient (Wildman–Crippen LogP) is 2.76. The number of hydrogen-bond donors (Lipinski definition) is 2. The van der Waals surface area contributed by atoms with Gasteiger partial charge in [-0.05, 0) is 30.9 Å². The molecule has 4 nitrogen and oxygen atoms in total. The van der Waals surface area contributed by atoms with Gasteiger partial charge in [0.25, 0.3) is 0 Å². The first-order valence-electron chi connectivity index (χ1n) is 6.18. The summed E-state index contributed by atoms with van der Waals surface area (Å²) >= 11 is 0. The number of hydrazone groups is 1. The number of anilines is 1. The number of urea groups is 1. The highest BCUT2D eigenvalue weighted by Gasteiger charge is 2.37. The van der Waals surface area contributed by atoms with Crippen molar-refractivity contribution >= 4 is 17.4 Å². The summed E-state index contributed by atoms with van der Waals surface area (Å²) in [6.45, 7) is 0.